The molecule has 0 saturated heterocycles. The monoisotopic (exact) mass is 259 g/mol. The molecule has 0 bridgehead atoms. The number of halogens is 2. The van der Waals surface area contributed by atoms with E-state index in [0.29, 0.717) is 12.1 Å². The van der Waals surface area contributed by atoms with Crippen LogP contribution < -0.4 is 4.74 Å². The van der Waals surface area contributed by atoms with E-state index in [4.69, 9.17) is 5.11 Å². The zero-order chi connectivity index (χ0) is 13.9. The first-order chi connectivity index (χ1) is 8.32. The molecule has 96 valence electrons. The molecule has 1 aromatic carbocycles. The van der Waals surface area contributed by atoms with Gasteiger partial charge in [-0.3, -0.25) is 10.1 Å². The number of hydrogen-bond donors (Lipinski definition) is 1. The van der Waals surface area contributed by atoms with Crippen LogP contribution >= 0.6 is 0 Å². The SMILES string of the molecule is C=C(COc1cc(F)c([N+](=O)[O-])cc1F)C(=O)O. The second kappa shape index (κ2) is 5.21. The van der Waals surface area contributed by atoms with Crippen LogP contribution in [-0.2, 0) is 4.79 Å². The number of hydrogen-bond acceptors (Lipinski definition) is 4. The quantitative estimate of drug-likeness (QED) is 0.495. The highest BCUT2D eigenvalue weighted by Crippen LogP contribution is 2.26. The molecule has 0 amide bonds. The Hall–Kier alpha value is -2.51. The van der Waals surface area contributed by atoms with Crippen molar-refractivity contribution in [2.24, 2.45) is 0 Å². The first kappa shape index (κ1) is 13.6. The fourth-order valence-electron chi connectivity index (χ4n) is 0.995. The van der Waals surface area contributed by atoms with E-state index in [0.717, 1.165) is 0 Å². The number of aliphatic carboxylic acids is 1. The zero-order valence-electron chi connectivity index (χ0n) is 8.85. The molecule has 0 atom stereocenters. The van der Waals surface area contributed by atoms with E-state index in [1.807, 2.05) is 0 Å². The van der Waals surface area contributed by atoms with Crippen LogP contribution in [0.25, 0.3) is 0 Å². The predicted molar refractivity (Wildman–Crippen MR) is 55.3 cm³/mol. The van der Waals surface area contributed by atoms with Gasteiger partial charge < -0.3 is 9.84 Å². The topological polar surface area (TPSA) is 89.7 Å². The number of nitro benzene ring substituents is 1. The number of rotatable bonds is 5. The highest BCUT2D eigenvalue weighted by Gasteiger charge is 2.19. The van der Waals surface area contributed by atoms with E-state index in [2.05, 4.69) is 11.3 Å². The summed E-state index contributed by atoms with van der Waals surface area (Å²) in [6.45, 7) is 2.55. The third-order valence-corrected chi connectivity index (χ3v) is 1.90. The predicted octanol–water partition coefficient (Wildman–Crippen LogP) is 1.89. The lowest BCUT2D eigenvalue weighted by Crippen LogP contribution is -2.10. The van der Waals surface area contributed by atoms with Gasteiger partial charge in [0.1, 0.15) is 6.61 Å². The largest absolute Gasteiger partial charge is 0.485 e. The fourth-order valence-corrected chi connectivity index (χ4v) is 0.995. The normalized spacial score (nSPS) is 9.89. The van der Waals surface area contributed by atoms with Gasteiger partial charge in [-0.1, -0.05) is 6.58 Å². The molecular weight excluding hydrogens is 252 g/mol. The van der Waals surface area contributed by atoms with Crippen LogP contribution in [0.2, 0.25) is 0 Å². The van der Waals surface area contributed by atoms with E-state index in [-0.39, 0.29) is 5.57 Å². The van der Waals surface area contributed by atoms with Crippen LogP contribution in [0.15, 0.2) is 24.3 Å². The minimum Gasteiger partial charge on any atom is -0.485 e. The lowest BCUT2D eigenvalue weighted by Gasteiger charge is -2.07. The van der Waals surface area contributed by atoms with E-state index >= 15 is 0 Å². The van der Waals surface area contributed by atoms with Crippen LogP contribution in [0.5, 0.6) is 5.75 Å². The van der Waals surface area contributed by atoms with Crippen LogP contribution in [0.4, 0.5) is 14.5 Å². The number of carboxylic acids is 1. The summed E-state index contributed by atoms with van der Waals surface area (Å²) in [5.74, 6) is -4.42. The highest BCUT2D eigenvalue weighted by atomic mass is 19.1. The van der Waals surface area contributed by atoms with Crippen molar-refractivity contribution in [3.8, 4) is 5.75 Å². The molecule has 1 rings (SSSR count). The average molecular weight is 259 g/mol. The summed E-state index contributed by atoms with van der Waals surface area (Å²) in [5.41, 5.74) is -1.40. The van der Waals surface area contributed by atoms with Gasteiger partial charge in [0.15, 0.2) is 11.6 Å². The molecule has 0 aliphatic rings. The van der Waals surface area contributed by atoms with Gasteiger partial charge in [0.25, 0.3) is 0 Å². The second-order valence-corrected chi connectivity index (χ2v) is 3.19. The third-order valence-electron chi connectivity index (χ3n) is 1.90. The number of nitrogens with zero attached hydrogens (tertiary/aromatic N) is 1. The molecule has 0 spiro atoms. The number of nitro groups is 1. The maximum Gasteiger partial charge on any atom is 0.334 e. The molecule has 0 heterocycles. The summed E-state index contributed by atoms with van der Waals surface area (Å²) in [6, 6.07) is 0.830. The van der Waals surface area contributed by atoms with Crippen LogP contribution in [0.3, 0.4) is 0 Å². The Kier molecular flexibility index (Phi) is 3.93. The lowest BCUT2D eigenvalue weighted by atomic mass is 10.2. The summed E-state index contributed by atoms with van der Waals surface area (Å²) < 4.78 is 31.1. The molecule has 0 aliphatic carbocycles. The number of ether oxygens (including phenoxy) is 1. The first-order valence-electron chi connectivity index (χ1n) is 4.50. The summed E-state index contributed by atoms with van der Waals surface area (Å²) in [4.78, 5) is 19.6. The van der Waals surface area contributed by atoms with Crippen LogP contribution in [0.1, 0.15) is 0 Å². The zero-order valence-corrected chi connectivity index (χ0v) is 8.85. The Bertz CT molecular complexity index is 529. The van der Waals surface area contributed by atoms with Crippen molar-refractivity contribution in [3.63, 3.8) is 0 Å². The number of carbonyl (C=O) groups is 1. The molecule has 1 N–H and O–H groups in total. The second-order valence-electron chi connectivity index (χ2n) is 3.19. The maximum absolute atomic E-state index is 13.3. The van der Waals surface area contributed by atoms with Crippen molar-refractivity contribution in [1.29, 1.82) is 0 Å². The molecule has 6 nitrogen and oxygen atoms in total. The van der Waals surface area contributed by atoms with Crippen LogP contribution in [-0.4, -0.2) is 22.6 Å². The summed E-state index contributed by atoms with van der Waals surface area (Å²) in [7, 11) is 0. The van der Waals surface area contributed by atoms with Crippen molar-refractivity contribution in [1.82, 2.24) is 0 Å². The molecule has 0 fully saturated rings. The Balaban J connectivity index is 2.92. The van der Waals surface area contributed by atoms with E-state index in [9.17, 15) is 23.7 Å². The Morgan fingerprint density at radius 3 is 2.56 bits per heavy atom. The standard InChI is InChI=1S/C10H7F2NO5/c1-5(10(14)15)4-18-9-3-6(11)8(13(16)17)2-7(9)12/h2-3H,1,4H2,(H,14,15). The van der Waals surface area contributed by atoms with Gasteiger partial charge in [-0.25, -0.2) is 9.18 Å². The first-order valence-corrected chi connectivity index (χ1v) is 4.50. The summed E-state index contributed by atoms with van der Waals surface area (Å²) in [5, 5.41) is 18.8. The molecule has 18 heavy (non-hydrogen) atoms. The minimum atomic E-state index is -1.35. The highest BCUT2D eigenvalue weighted by molar-refractivity contribution is 5.86. The minimum absolute atomic E-state index is 0.355. The molecule has 0 unspecified atom stereocenters. The molecular formula is C10H7F2NO5. The maximum atomic E-state index is 13.3. The van der Waals surface area contributed by atoms with Crippen LogP contribution in [0, 0.1) is 21.7 Å². The van der Waals surface area contributed by atoms with Crippen molar-refractivity contribution in [2.45, 2.75) is 0 Å². The number of benzene rings is 1. The Labute approximate surface area is 99.3 Å². The van der Waals surface area contributed by atoms with Crippen molar-refractivity contribution in [3.05, 3.63) is 46.0 Å². The van der Waals surface area contributed by atoms with Gasteiger partial charge in [-0.2, -0.15) is 4.39 Å². The molecule has 0 aromatic heterocycles. The Morgan fingerprint density at radius 2 is 2.06 bits per heavy atom. The molecule has 0 radical (unpaired) electrons. The molecule has 8 heteroatoms. The van der Waals surface area contributed by atoms with E-state index < -0.39 is 40.6 Å². The van der Waals surface area contributed by atoms with Gasteiger partial charge >= 0.3 is 11.7 Å². The number of carboxylic acid groups (broad SMARTS) is 1. The average Bonchev–Trinajstić information content (AvgIpc) is 2.28. The van der Waals surface area contributed by atoms with Crippen molar-refractivity contribution >= 4 is 11.7 Å². The Morgan fingerprint density at radius 1 is 1.44 bits per heavy atom. The lowest BCUT2D eigenvalue weighted by molar-refractivity contribution is -0.387. The molecule has 0 aliphatic heterocycles. The van der Waals surface area contributed by atoms with Gasteiger partial charge in [-0.15, -0.1) is 0 Å². The van der Waals surface area contributed by atoms with Gasteiger partial charge in [0.2, 0.25) is 5.82 Å². The molecule has 0 saturated carbocycles. The summed E-state index contributed by atoms with van der Waals surface area (Å²) in [6.07, 6.45) is 0. The van der Waals surface area contributed by atoms with Gasteiger partial charge in [0.05, 0.1) is 16.6 Å². The fraction of sp³-hybridized carbons (Fsp3) is 0.100. The smallest absolute Gasteiger partial charge is 0.334 e. The summed E-state index contributed by atoms with van der Waals surface area (Å²) >= 11 is 0. The van der Waals surface area contributed by atoms with Crippen molar-refractivity contribution in [2.75, 3.05) is 6.61 Å². The van der Waals surface area contributed by atoms with Gasteiger partial charge in [0, 0.05) is 6.07 Å². The third kappa shape index (κ3) is 3.00. The van der Waals surface area contributed by atoms with Crippen molar-refractivity contribution < 1.29 is 28.3 Å². The van der Waals surface area contributed by atoms with Gasteiger partial charge in [-0.05, 0) is 0 Å². The van der Waals surface area contributed by atoms with E-state index in [1.165, 1.54) is 0 Å². The van der Waals surface area contributed by atoms with E-state index in [1.54, 1.807) is 0 Å². The molecule has 1 aromatic rings.